The highest BCUT2D eigenvalue weighted by Crippen LogP contribution is 2.41. The van der Waals surface area contributed by atoms with Crippen molar-refractivity contribution in [2.24, 2.45) is 0 Å². The molecule has 0 aromatic heterocycles. The molecule has 1 heterocycles. The summed E-state index contributed by atoms with van der Waals surface area (Å²) in [5.74, 6) is -2.50. The molecular formula is C17H18ClNO6S. The number of amides is 1. The van der Waals surface area contributed by atoms with Gasteiger partial charge in [-0.25, -0.2) is 4.79 Å². The summed E-state index contributed by atoms with van der Waals surface area (Å²) in [5.41, 5.74) is 0.645. The summed E-state index contributed by atoms with van der Waals surface area (Å²) in [7, 11) is 0. The Morgan fingerprint density at radius 2 is 2.00 bits per heavy atom. The first kappa shape index (κ1) is 20.3. The van der Waals surface area contributed by atoms with E-state index in [2.05, 4.69) is 0 Å². The molecule has 1 N–H and O–H groups in total. The number of β-lactam (4-membered cyclic amide) rings is 1. The smallest absolute Gasteiger partial charge is 0.345 e. The van der Waals surface area contributed by atoms with Crippen molar-refractivity contribution < 1.29 is 29.0 Å². The Balaban J connectivity index is 2.11. The second-order valence-corrected chi connectivity index (χ2v) is 7.48. The number of likely N-dealkylation sites (tertiary alicyclic amines) is 1. The molecule has 1 aromatic rings. The van der Waals surface area contributed by atoms with Gasteiger partial charge in [-0.05, 0) is 12.5 Å². The molecule has 0 radical (unpaired) electrons. The van der Waals surface area contributed by atoms with Gasteiger partial charge in [0.15, 0.2) is 0 Å². The number of hydrogen-bond donors (Lipinski definition) is 1. The van der Waals surface area contributed by atoms with Gasteiger partial charge in [-0.15, -0.1) is 0 Å². The summed E-state index contributed by atoms with van der Waals surface area (Å²) in [4.78, 5) is 46.2. The van der Waals surface area contributed by atoms with Crippen LogP contribution in [-0.4, -0.2) is 49.9 Å². The lowest BCUT2D eigenvalue weighted by atomic mass is 10.00. The van der Waals surface area contributed by atoms with Gasteiger partial charge in [-0.1, -0.05) is 53.7 Å². The lowest BCUT2D eigenvalue weighted by Crippen LogP contribution is -2.65. The summed E-state index contributed by atoms with van der Waals surface area (Å²) in [6.45, 7) is 1.78. The standard InChI is InChI=1S/C17H18ClNO6S/c1-2-25-14(21)9-15(22)26-13-8-12(20)19(13)17(18,16(23)24)10-11-6-4-3-5-7-11/h3-7,13H,2,8-10H2,1H3,(H,23,24)/t13-,17?/m0/s1. The minimum atomic E-state index is -2.00. The van der Waals surface area contributed by atoms with Crippen LogP contribution in [-0.2, 0) is 30.3 Å². The number of carbonyl (C=O) groups is 4. The van der Waals surface area contributed by atoms with E-state index in [9.17, 15) is 24.3 Å². The van der Waals surface area contributed by atoms with E-state index in [1.54, 1.807) is 37.3 Å². The molecule has 1 saturated heterocycles. The number of alkyl halides is 1. The van der Waals surface area contributed by atoms with Crippen molar-refractivity contribution in [3.63, 3.8) is 0 Å². The molecule has 9 heteroatoms. The summed E-state index contributed by atoms with van der Waals surface area (Å²) in [6.07, 6.45) is -0.576. The van der Waals surface area contributed by atoms with Gasteiger partial charge in [0.25, 0.3) is 0 Å². The van der Waals surface area contributed by atoms with Crippen molar-refractivity contribution in [2.75, 3.05) is 6.61 Å². The third kappa shape index (κ3) is 4.56. The maximum Gasteiger partial charge on any atom is 0.345 e. The zero-order valence-corrected chi connectivity index (χ0v) is 15.6. The molecule has 1 fully saturated rings. The SMILES string of the molecule is CCOC(=O)CC(=O)S[C@H]1CC(=O)N1C(Cl)(Cc1ccccc1)C(=O)O. The van der Waals surface area contributed by atoms with Crippen LogP contribution in [0.2, 0.25) is 0 Å². The van der Waals surface area contributed by atoms with Crippen LogP contribution >= 0.6 is 23.4 Å². The van der Waals surface area contributed by atoms with Crippen LogP contribution in [0.25, 0.3) is 0 Å². The number of thioether (sulfide) groups is 1. The van der Waals surface area contributed by atoms with Crippen LogP contribution in [0.5, 0.6) is 0 Å². The first-order chi connectivity index (χ1) is 12.3. The summed E-state index contributed by atoms with van der Waals surface area (Å²) < 4.78 is 4.70. The molecule has 2 atom stereocenters. The summed E-state index contributed by atoms with van der Waals surface area (Å²) in [5, 5.41) is 8.38. The van der Waals surface area contributed by atoms with Gasteiger partial charge in [0.2, 0.25) is 16.0 Å². The van der Waals surface area contributed by atoms with Crippen LogP contribution in [0.1, 0.15) is 25.3 Å². The Hall–Kier alpha value is -2.06. The second-order valence-electron chi connectivity index (χ2n) is 5.62. The number of carboxylic acids is 1. The molecule has 0 saturated carbocycles. The molecule has 140 valence electrons. The Labute approximate surface area is 159 Å². The van der Waals surface area contributed by atoms with E-state index in [1.165, 1.54) is 0 Å². The molecule has 0 bridgehead atoms. The minimum Gasteiger partial charge on any atom is -0.479 e. The second kappa shape index (κ2) is 8.55. The van der Waals surface area contributed by atoms with E-state index >= 15 is 0 Å². The number of rotatable bonds is 8. The van der Waals surface area contributed by atoms with E-state index in [-0.39, 0.29) is 19.4 Å². The van der Waals surface area contributed by atoms with E-state index < -0.39 is 39.8 Å². The van der Waals surface area contributed by atoms with Crippen LogP contribution < -0.4 is 0 Å². The lowest BCUT2D eigenvalue weighted by Gasteiger charge is -2.47. The number of carbonyl (C=O) groups excluding carboxylic acids is 3. The number of nitrogens with zero attached hydrogens (tertiary/aromatic N) is 1. The van der Waals surface area contributed by atoms with Crippen molar-refractivity contribution in [1.82, 2.24) is 4.90 Å². The van der Waals surface area contributed by atoms with Crippen LogP contribution in [0.4, 0.5) is 0 Å². The Morgan fingerprint density at radius 3 is 2.54 bits per heavy atom. The maximum atomic E-state index is 12.1. The number of aliphatic carboxylic acids is 1. The fraction of sp³-hybridized carbons (Fsp3) is 0.412. The summed E-state index contributed by atoms with van der Waals surface area (Å²) >= 11 is 7.05. The fourth-order valence-corrected chi connectivity index (χ4v) is 4.12. The Bertz CT molecular complexity index is 712. The average molecular weight is 400 g/mol. The zero-order chi connectivity index (χ0) is 19.3. The number of carboxylic acid groups (broad SMARTS) is 1. The topological polar surface area (TPSA) is 101 Å². The largest absolute Gasteiger partial charge is 0.479 e. The van der Waals surface area contributed by atoms with Crippen LogP contribution in [0, 0.1) is 0 Å². The molecule has 1 aliphatic heterocycles. The molecule has 1 amide bonds. The number of hydrogen-bond acceptors (Lipinski definition) is 6. The van der Waals surface area contributed by atoms with Gasteiger partial charge in [0, 0.05) is 6.42 Å². The van der Waals surface area contributed by atoms with Crippen molar-refractivity contribution in [2.45, 2.75) is 36.6 Å². The highest BCUT2D eigenvalue weighted by atomic mass is 35.5. The zero-order valence-electron chi connectivity index (χ0n) is 14.0. The predicted octanol–water partition coefficient (Wildman–Crippen LogP) is 2.02. The number of benzene rings is 1. The molecule has 1 unspecified atom stereocenters. The van der Waals surface area contributed by atoms with E-state index in [1.807, 2.05) is 0 Å². The van der Waals surface area contributed by atoms with Gasteiger partial charge < -0.3 is 14.7 Å². The molecule has 1 aliphatic rings. The predicted molar refractivity (Wildman–Crippen MR) is 95.5 cm³/mol. The highest BCUT2D eigenvalue weighted by molar-refractivity contribution is 8.14. The Kier molecular flexibility index (Phi) is 6.66. The molecule has 1 aromatic carbocycles. The number of esters is 1. The van der Waals surface area contributed by atoms with E-state index in [4.69, 9.17) is 16.3 Å². The molecular weight excluding hydrogens is 382 g/mol. The molecule has 0 spiro atoms. The van der Waals surface area contributed by atoms with E-state index in [0.29, 0.717) is 5.56 Å². The van der Waals surface area contributed by atoms with Gasteiger partial charge in [0.05, 0.1) is 18.4 Å². The third-order valence-electron chi connectivity index (χ3n) is 3.76. The molecule has 26 heavy (non-hydrogen) atoms. The van der Waals surface area contributed by atoms with Crippen LogP contribution in [0.15, 0.2) is 30.3 Å². The van der Waals surface area contributed by atoms with Crippen molar-refractivity contribution in [1.29, 1.82) is 0 Å². The normalized spacial score (nSPS) is 18.6. The quantitative estimate of drug-likeness (QED) is 0.234. The fourth-order valence-electron chi connectivity index (χ4n) is 2.56. The summed E-state index contributed by atoms with van der Waals surface area (Å²) in [6, 6.07) is 8.67. The van der Waals surface area contributed by atoms with Gasteiger partial charge in [0.1, 0.15) is 6.42 Å². The van der Waals surface area contributed by atoms with Gasteiger partial charge in [-0.3, -0.25) is 14.4 Å². The first-order valence-corrected chi connectivity index (χ1v) is 9.17. The number of halogens is 1. The number of ether oxygens (including phenoxy) is 1. The maximum absolute atomic E-state index is 12.1. The van der Waals surface area contributed by atoms with Crippen LogP contribution in [0.3, 0.4) is 0 Å². The lowest BCUT2D eigenvalue weighted by molar-refractivity contribution is -0.161. The molecule has 2 rings (SSSR count). The third-order valence-corrected chi connectivity index (χ3v) is 5.29. The Morgan fingerprint density at radius 1 is 1.35 bits per heavy atom. The molecule has 0 aliphatic carbocycles. The van der Waals surface area contributed by atoms with Gasteiger partial charge in [-0.2, -0.15) is 0 Å². The van der Waals surface area contributed by atoms with E-state index in [0.717, 1.165) is 16.7 Å². The first-order valence-electron chi connectivity index (χ1n) is 7.91. The average Bonchev–Trinajstić information content (AvgIpc) is 2.54. The van der Waals surface area contributed by atoms with Crippen molar-refractivity contribution in [3.05, 3.63) is 35.9 Å². The highest BCUT2D eigenvalue weighted by Gasteiger charge is 2.54. The minimum absolute atomic E-state index is 0.0181. The monoisotopic (exact) mass is 399 g/mol. The van der Waals surface area contributed by atoms with Crippen molar-refractivity contribution >= 4 is 46.3 Å². The molecule has 7 nitrogen and oxygen atoms in total. The van der Waals surface area contributed by atoms with Gasteiger partial charge >= 0.3 is 11.9 Å². The van der Waals surface area contributed by atoms with Crippen molar-refractivity contribution in [3.8, 4) is 0 Å².